The van der Waals surface area contributed by atoms with E-state index in [4.69, 9.17) is 0 Å². The second kappa shape index (κ2) is 9.66. The lowest BCUT2D eigenvalue weighted by molar-refractivity contribution is 0.0642. The highest BCUT2D eigenvalue weighted by molar-refractivity contribution is 7.98. The number of hydrogen-bond acceptors (Lipinski definition) is 5. The van der Waals surface area contributed by atoms with Gasteiger partial charge < -0.3 is 9.80 Å². The van der Waals surface area contributed by atoms with Crippen molar-refractivity contribution in [2.24, 2.45) is 0 Å². The Morgan fingerprint density at radius 2 is 1.68 bits per heavy atom. The zero-order valence-electron chi connectivity index (χ0n) is 18.4. The third-order valence-corrected chi connectivity index (χ3v) is 6.78. The zero-order chi connectivity index (χ0) is 21.8. The Kier molecular flexibility index (Phi) is 6.73. The van der Waals surface area contributed by atoms with E-state index < -0.39 is 0 Å². The number of carbonyl (C=O) groups is 1. The van der Waals surface area contributed by atoms with Crippen molar-refractivity contribution >= 4 is 17.7 Å². The molecule has 7 heteroatoms. The monoisotopic (exact) mass is 435 g/mol. The molecule has 1 saturated heterocycles. The van der Waals surface area contributed by atoms with Crippen LogP contribution in [0.1, 0.15) is 34.2 Å². The minimum absolute atomic E-state index is 0.128. The van der Waals surface area contributed by atoms with Gasteiger partial charge in [-0.25, -0.2) is 0 Å². The molecule has 0 unspecified atom stereocenters. The molecule has 3 aromatic rings. The fraction of sp³-hybridized carbons (Fsp3) is 0.375. The van der Waals surface area contributed by atoms with Gasteiger partial charge in [-0.1, -0.05) is 54.6 Å². The molecule has 0 aliphatic carbocycles. The summed E-state index contributed by atoms with van der Waals surface area (Å²) >= 11 is 1.61. The Labute approximate surface area is 188 Å². The van der Waals surface area contributed by atoms with Crippen LogP contribution in [0.4, 0.5) is 0 Å². The highest BCUT2D eigenvalue weighted by Gasteiger charge is 2.23. The zero-order valence-corrected chi connectivity index (χ0v) is 19.2. The van der Waals surface area contributed by atoms with E-state index in [1.165, 1.54) is 5.56 Å². The first-order chi connectivity index (χ1) is 15.1. The second-order valence-corrected chi connectivity index (χ2v) is 8.82. The van der Waals surface area contributed by atoms with E-state index in [1.807, 2.05) is 36.1 Å². The van der Waals surface area contributed by atoms with E-state index in [0.717, 1.165) is 60.5 Å². The maximum atomic E-state index is 13.2. The molecular formula is C24H29N5OS. The van der Waals surface area contributed by atoms with Crippen LogP contribution < -0.4 is 0 Å². The fourth-order valence-electron chi connectivity index (χ4n) is 3.86. The highest BCUT2D eigenvalue weighted by atomic mass is 32.2. The number of carbonyl (C=O) groups excluding carboxylic acids is 1. The van der Waals surface area contributed by atoms with Crippen molar-refractivity contribution in [3.63, 3.8) is 0 Å². The summed E-state index contributed by atoms with van der Waals surface area (Å²) in [6.45, 7) is 10.7. The maximum Gasteiger partial charge on any atom is 0.254 e. The van der Waals surface area contributed by atoms with E-state index in [0.29, 0.717) is 5.75 Å². The fourth-order valence-corrected chi connectivity index (χ4v) is 4.86. The first-order valence-electron chi connectivity index (χ1n) is 10.8. The molecule has 0 saturated carbocycles. The number of aromatic nitrogens is 3. The number of likely N-dealkylation sites (N-methyl/N-ethyl adjacent to an activating group) is 1. The van der Waals surface area contributed by atoms with Gasteiger partial charge in [0.2, 0.25) is 0 Å². The van der Waals surface area contributed by atoms with Gasteiger partial charge in [-0.2, -0.15) is 0 Å². The Morgan fingerprint density at radius 1 is 0.968 bits per heavy atom. The van der Waals surface area contributed by atoms with Gasteiger partial charge >= 0.3 is 0 Å². The van der Waals surface area contributed by atoms with Crippen LogP contribution >= 0.6 is 11.8 Å². The molecule has 0 radical (unpaired) electrons. The Balaban J connectivity index is 1.51. The van der Waals surface area contributed by atoms with Crippen molar-refractivity contribution in [2.75, 3.05) is 32.7 Å². The summed E-state index contributed by atoms with van der Waals surface area (Å²) in [6.07, 6.45) is 0. The van der Waals surface area contributed by atoms with Crippen molar-refractivity contribution in [2.45, 2.75) is 31.7 Å². The molecule has 1 amide bonds. The van der Waals surface area contributed by atoms with Gasteiger partial charge in [0, 0.05) is 43.2 Å². The molecule has 1 aliphatic heterocycles. The molecule has 6 nitrogen and oxygen atoms in total. The first kappa shape index (κ1) is 21.6. The highest BCUT2D eigenvalue weighted by Crippen LogP contribution is 2.27. The third kappa shape index (κ3) is 4.83. The van der Waals surface area contributed by atoms with E-state index in [1.54, 1.807) is 11.8 Å². The van der Waals surface area contributed by atoms with Crippen LogP contribution in [0.2, 0.25) is 0 Å². The molecule has 4 rings (SSSR count). The van der Waals surface area contributed by atoms with E-state index >= 15 is 0 Å². The van der Waals surface area contributed by atoms with Crippen LogP contribution in [0.5, 0.6) is 0 Å². The van der Waals surface area contributed by atoms with Crippen molar-refractivity contribution in [3.05, 3.63) is 71.0 Å². The summed E-state index contributed by atoms with van der Waals surface area (Å²) in [5.41, 5.74) is 4.09. The lowest BCUT2D eigenvalue weighted by Crippen LogP contribution is -2.48. The third-order valence-electron chi connectivity index (χ3n) is 5.80. The van der Waals surface area contributed by atoms with Crippen LogP contribution in [-0.2, 0) is 5.75 Å². The quantitative estimate of drug-likeness (QED) is 0.549. The van der Waals surface area contributed by atoms with Gasteiger partial charge in [-0.05, 0) is 44.2 Å². The molecule has 0 bridgehead atoms. The average molecular weight is 436 g/mol. The predicted octanol–water partition coefficient (Wildman–Crippen LogP) is 3.95. The molecule has 0 N–H and O–H groups in total. The average Bonchev–Trinajstić information content (AvgIpc) is 3.18. The molecule has 1 fully saturated rings. The molecule has 162 valence electrons. The summed E-state index contributed by atoms with van der Waals surface area (Å²) in [7, 11) is 0. The first-order valence-corrected chi connectivity index (χ1v) is 11.8. The molecule has 2 heterocycles. The van der Waals surface area contributed by atoms with Crippen molar-refractivity contribution in [1.82, 2.24) is 24.6 Å². The van der Waals surface area contributed by atoms with Crippen molar-refractivity contribution < 1.29 is 4.79 Å². The largest absolute Gasteiger partial charge is 0.336 e. The smallest absolute Gasteiger partial charge is 0.254 e. The van der Waals surface area contributed by atoms with Crippen LogP contribution in [-0.4, -0.2) is 63.2 Å². The number of rotatable bonds is 6. The molecule has 1 aliphatic rings. The summed E-state index contributed by atoms with van der Waals surface area (Å²) in [5.74, 6) is 1.65. The van der Waals surface area contributed by atoms with Gasteiger partial charge in [0.15, 0.2) is 5.16 Å². The van der Waals surface area contributed by atoms with Gasteiger partial charge in [0.05, 0.1) is 0 Å². The number of aryl methyl sites for hydroxylation is 2. The Bertz CT molecular complexity index is 1040. The topological polar surface area (TPSA) is 54.3 Å². The Morgan fingerprint density at radius 3 is 2.39 bits per heavy atom. The lowest BCUT2D eigenvalue weighted by atomic mass is 10.1. The van der Waals surface area contributed by atoms with Crippen LogP contribution in [0.3, 0.4) is 0 Å². The summed E-state index contributed by atoms with van der Waals surface area (Å²) < 4.78 is 2.07. The van der Waals surface area contributed by atoms with Crippen LogP contribution in [0, 0.1) is 13.8 Å². The maximum absolute atomic E-state index is 13.2. The normalized spacial score (nSPS) is 14.7. The van der Waals surface area contributed by atoms with Crippen LogP contribution in [0.25, 0.3) is 5.69 Å². The molecule has 0 atom stereocenters. The minimum atomic E-state index is 0.128. The minimum Gasteiger partial charge on any atom is -0.336 e. The molecular weight excluding hydrogens is 406 g/mol. The number of hydrogen-bond donors (Lipinski definition) is 0. The number of piperazine rings is 1. The molecule has 2 aromatic carbocycles. The second-order valence-electron chi connectivity index (χ2n) is 7.87. The summed E-state index contributed by atoms with van der Waals surface area (Å²) in [5, 5.41) is 9.51. The van der Waals surface area contributed by atoms with E-state index in [-0.39, 0.29) is 5.91 Å². The van der Waals surface area contributed by atoms with Gasteiger partial charge in [-0.15, -0.1) is 10.2 Å². The number of nitrogens with zero attached hydrogens (tertiary/aromatic N) is 5. The summed E-state index contributed by atoms with van der Waals surface area (Å²) in [4.78, 5) is 17.6. The summed E-state index contributed by atoms with van der Waals surface area (Å²) in [6, 6.07) is 16.3. The lowest BCUT2D eigenvalue weighted by Gasteiger charge is -2.34. The number of thioether (sulfide) groups is 1. The standard InChI is InChI=1S/C24H29N5OS/c1-4-27-13-15-28(16-14-27)23(30)22-8-6-5-7-20(22)17-31-24-26-25-19(3)29(24)21-11-9-18(2)10-12-21/h5-12H,4,13-17H2,1-3H3. The SMILES string of the molecule is CCN1CCN(C(=O)c2ccccc2CSc2nnc(C)n2-c2ccc(C)cc2)CC1. The van der Waals surface area contributed by atoms with Gasteiger partial charge in [-0.3, -0.25) is 9.36 Å². The van der Waals surface area contributed by atoms with Crippen LogP contribution in [0.15, 0.2) is 53.7 Å². The van der Waals surface area contributed by atoms with Crippen molar-refractivity contribution in [3.8, 4) is 5.69 Å². The number of benzene rings is 2. The van der Waals surface area contributed by atoms with E-state index in [9.17, 15) is 4.79 Å². The Hall–Kier alpha value is -2.64. The van der Waals surface area contributed by atoms with Crippen molar-refractivity contribution in [1.29, 1.82) is 0 Å². The molecule has 0 spiro atoms. The van der Waals surface area contributed by atoms with Gasteiger partial charge in [0.25, 0.3) is 5.91 Å². The van der Waals surface area contributed by atoms with Gasteiger partial charge in [0.1, 0.15) is 5.82 Å². The van der Waals surface area contributed by atoms with E-state index in [2.05, 4.69) is 57.8 Å². The predicted molar refractivity (Wildman–Crippen MR) is 125 cm³/mol. The molecule has 1 aromatic heterocycles. The molecule has 31 heavy (non-hydrogen) atoms. The number of amides is 1.